The molecule has 0 radical (unpaired) electrons. The van der Waals surface area contributed by atoms with E-state index in [2.05, 4.69) is 4.99 Å². The third kappa shape index (κ3) is 2.34. The minimum atomic E-state index is 0.305. The van der Waals surface area contributed by atoms with Crippen LogP contribution in [0.25, 0.3) is 0 Å². The molecule has 0 heterocycles. The van der Waals surface area contributed by atoms with Gasteiger partial charge in [-0.05, 0) is 30.2 Å². The molecule has 0 N–H and O–H groups in total. The van der Waals surface area contributed by atoms with Crippen molar-refractivity contribution in [2.45, 2.75) is 13.5 Å². The first-order valence-corrected chi connectivity index (χ1v) is 4.43. The Labute approximate surface area is 87.4 Å². The van der Waals surface area contributed by atoms with E-state index in [9.17, 15) is 4.79 Å². The molecular weight excluding hydrogens is 202 g/mol. The second kappa shape index (κ2) is 4.80. The predicted molar refractivity (Wildman–Crippen MR) is 54.6 cm³/mol. The first kappa shape index (κ1) is 10.8. The Morgan fingerprint density at radius 2 is 2.29 bits per heavy atom. The molecule has 4 heteroatoms. The van der Waals surface area contributed by atoms with Gasteiger partial charge in [-0.15, -0.1) is 0 Å². The topological polar surface area (TPSA) is 38.7 Å². The molecule has 1 aromatic rings. The minimum absolute atomic E-state index is 0.305. The molecule has 1 aromatic carbocycles. The van der Waals surface area contributed by atoms with Crippen LogP contribution in [0, 0.1) is 6.92 Å². The highest BCUT2D eigenvalue weighted by Gasteiger charge is 2.05. The quantitative estimate of drug-likeness (QED) is 0.569. The van der Waals surface area contributed by atoms with E-state index in [1.165, 1.54) is 6.08 Å². The maximum absolute atomic E-state index is 9.95. The molecule has 0 fully saturated rings. The van der Waals surface area contributed by atoms with Crippen LogP contribution in [0.2, 0.25) is 5.02 Å². The van der Waals surface area contributed by atoms with E-state index in [1.807, 2.05) is 13.0 Å². The molecule has 0 aliphatic rings. The number of isocyanates is 1. The smallest absolute Gasteiger partial charge is 0.235 e. The summed E-state index contributed by atoms with van der Waals surface area (Å²) < 4.78 is 5.05. The lowest BCUT2D eigenvalue weighted by molar-refractivity contribution is 0.414. The van der Waals surface area contributed by atoms with Gasteiger partial charge in [0.25, 0.3) is 0 Å². The van der Waals surface area contributed by atoms with Gasteiger partial charge in [-0.2, -0.15) is 0 Å². The SMILES string of the molecule is COc1cc(C)c(CN=C=O)cc1Cl. The average Bonchev–Trinajstić information content (AvgIpc) is 2.18. The molecule has 0 aliphatic heterocycles. The summed E-state index contributed by atoms with van der Waals surface area (Å²) in [6, 6.07) is 3.56. The van der Waals surface area contributed by atoms with Crippen molar-refractivity contribution in [1.29, 1.82) is 0 Å². The Balaban J connectivity index is 3.08. The fourth-order valence-corrected chi connectivity index (χ4v) is 1.40. The van der Waals surface area contributed by atoms with Gasteiger partial charge in [-0.1, -0.05) is 11.6 Å². The largest absolute Gasteiger partial charge is 0.495 e. The first-order chi connectivity index (χ1) is 6.69. The second-order valence-corrected chi connectivity index (χ2v) is 3.23. The summed E-state index contributed by atoms with van der Waals surface area (Å²) >= 11 is 5.92. The maximum atomic E-state index is 9.95. The third-order valence-electron chi connectivity index (χ3n) is 1.92. The van der Waals surface area contributed by atoms with Gasteiger partial charge in [0.05, 0.1) is 18.7 Å². The number of aliphatic imine (C=N–C) groups is 1. The Morgan fingerprint density at radius 3 is 2.86 bits per heavy atom. The van der Waals surface area contributed by atoms with Crippen molar-refractivity contribution in [2.24, 2.45) is 4.99 Å². The lowest BCUT2D eigenvalue weighted by Crippen LogP contribution is -1.91. The van der Waals surface area contributed by atoms with Crippen LogP contribution in [0.3, 0.4) is 0 Å². The average molecular weight is 212 g/mol. The van der Waals surface area contributed by atoms with Crippen molar-refractivity contribution in [1.82, 2.24) is 0 Å². The van der Waals surface area contributed by atoms with Crippen molar-refractivity contribution in [3.63, 3.8) is 0 Å². The van der Waals surface area contributed by atoms with Crippen LogP contribution in [0.4, 0.5) is 0 Å². The summed E-state index contributed by atoms with van der Waals surface area (Å²) in [5.74, 6) is 0.628. The molecule has 74 valence electrons. The second-order valence-electron chi connectivity index (χ2n) is 2.82. The van der Waals surface area contributed by atoms with Gasteiger partial charge in [-0.3, -0.25) is 0 Å². The molecule has 0 saturated heterocycles. The summed E-state index contributed by atoms with van der Waals surface area (Å²) in [7, 11) is 1.56. The molecule has 0 saturated carbocycles. The number of aryl methyl sites for hydroxylation is 1. The zero-order valence-corrected chi connectivity index (χ0v) is 8.76. The molecule has 0 aromatic heterocycles. The van der Waals surface area contributed by atoms with Gasteiger partial charge >= 0.3 is 0 Å². The molecule has 0 atom stereocenters. The van der Waals surface area contributed by atoms with E-state index in [1.54, 1.807) is 13.2 Å². The Kier molecular flexibility index (Phi) is 3.69. The Hall–Kier alpha value is -1.31. The van der Waals surface area contributed by atoms with Gasteiger partial charge in [0.2, 0.25) is 6.08 Å². The van der Waals surface area contributed by atoms with Gasteiger partial charge in [0.1, 0.15) is 5.75 Å². The molecular formula is C10H10ClNO2. The van der Waals surface area contributed by atoms with Gasteiger partial charge < -0.3 is 4.74 Å². The van der Waals surface area contributed by atoms with Crippen LogP contribution in [0.1, 0.15) is 11.1 Å². The lowest BCUT2D eigenvalue weighted by Gasteiger charge is -2.07. The van der Waals surface area contributed by atoms with Crippen molar-refractivity contribution in [3.05, 3.63) is 28.3 Å². The summed E-state index contributed by atoms with van der Waals surface area (Å²) in [5.41, 5.74) is 1.89. The number of methoxy groups -OCH3 is 1. The predicted octanol–water partition coefficient (Wildman–Crippen LogP) is 2.49. The summed E-state index contributed by atoms with van der Waals surface area (Å²) in [6.45, 7) is 2.22. The van der Waals surface area contributed by atoms with Crippen LogP contribution in [0.15, 0.2) is 17.1 Å². The van der Waals surface area contributed by atoms with Gasteiger partial charge in [0.15, 0.2) is 0 Å². The maximum Gasteiger partial charge on any atom is 0.235 e. The highest BCUT2D eigenvalue weighted by molar-refractivity contribution is 6.32. The van der Waals surface area contributed by atoms with Crippen molar-refractivity contribution in [3.8, 4) is 5.75 Å². The minimum Gasteiger partial charge on any atom is -0.495 e. The first-order valence-electron chi connectivity index (χ1n) is 4.05. The number of benzene rings is 1. The summed E-state index contributed by atoms with van der Waals surface area (Å²) in [5, 5.41) is 0.522. The number of hydrogen-bond acceptors (Lipinski definition) is 3. The van der Waals surface area contributed by atoms with E-state index in [0.717, 1.165) is 11.1 Å². The molecule has 0 bridgehead atoms. The Morgan fingerprint density at radius 1 is 1.57 bits per heavy atom. The van der Waals surface area contributed by atoms with E-state index >= 15 is 0 Å². The van der Waals surface area contributed by atoms with Crippen LogP contribution >= 0.6 is 11.6 Å². The van der Waals surface area contributed by atoms with E-state index in [4.69, 9.17) is 16.3 Å². The van der Waals surface area contributed by atoms with Crippen LogP contribution in [0.5, 0.6) is 5.75 Å². The van der Waals surface area contributed by atoms with E-state index in [-0.39, 0.29) is 0 Å². The normalized spacial score (nSPS) is 9.36. The van der Waals surface area contributed by atoms with Crippen LogP contribution < -0.4 is 4.74 Å². The van der Waals surface area contributed by atoms with Crippen molar-refractivity contribution >= 4 is 17.7 Å². The third-order valence-corrected chi connectivity index (χ3v) is 2.22. The molecule has 14 heavy (non-hydrogen) atoms. The van der Waals surface area contributed by atoms with E-state index < -0.39 is 0 Å². The standard InChI is InChI=1S/C10H10ClNO2/c1-7-3-10(14-2)9(11)4-8(7)5-12-6-13/h3-4H,5H2,1-2H3. The van der Waals surface area contributed by atoms with Crippen LogP contribution in [-0.2, 0) is 11.3 Å². The fourth-order valence-electron chi connectivity index (χ4n) is 1.14. The number of halogens is 1. The molecule has 0 unspecified atom stereocenters. The number of carbonyl (C=O) groups excluding carboxylic acids is 1. The lowest BCUT2D eigenvalue weighted by atomic mass is 10.1. The molecule has 3 nitrogen and oxygen atoms in total. The van der Waals surface area contributed by atoms with Crippen molar-refractivity contribution in [2.75, 3.05) is 7.11 Å². The fraction of sp³-hybridized carbons (Fsp3) is 0.300. The summed E-state index contributed by atoms with van der Waals surface area (Å²) in [6.07, 6.45) is 1.49. The zero-order valence-electron chi connectivity index (χ0n) is 8.00. The van der Waals surface area contributed by atoms with Gasteiger partial charge in [-0.25, -0.2) is 9.79 Å². The van der Waals surface area contributed by atoms with Gasteiger partial charge in [0, 0.05) is 0 Å². The highest BCUT2D eigenvalue weighted by atomic mass is 35.5. The zero-order chi connectivity index (χ0) is 10.6. The summed E-state index contributed by atoms with van der Waals surface area (Å²) in [4.78, 5) is 13.4. The Bertz CT molecular complexity index is 384. The van der Waals surface area contributed by atoms with Crippen LogP contribution in [-0.4, -0.2) is 13.2 Å². The number of rotatable bonds is 3. The molecule has 1 rings (SSSR count). The molecule has 0 aliphatic carbocycles. The molecule has 0 spiro atoms. The number of ether oxygens (including phenoxy) is 1. The van der Waals surface area contributed by atoms with Crippen molar-refractivity contribution < 1.29 is 9.53 Å². The number of hydrogen-bond donors (Lipinski definition) is 0. The molecule has 0 amide bonds. The highest BCUT2D eigenvalue weighted by Crippen LogP contribution is 2.27. The monoisotopic (exact) mass is 211 g/mol. The van der Waals surface area contributed by atoms with E-state index in [0.29, 0.717) is 17.3 Å². The number of nitrogens with zero attached hydrogens (tertiary/aromatic N) is 1.